The Morgan fingerprint density at radius 1 is 1.10 bits per heavy atom. The van der Waals surface area contributed by atoms with Crippen LogP contribution < -0.4 is 16.0 Å². The van der Waals surface area contributed by atoms with Gasteiger partial charge in [0.2, 0.25) is 5.95 Å². The Morgan fingerprint density at radius 2 is 1.83 bits per heavy atom. The van der Waals surface area contributed by atoms with Gasteiger partial charge in [-0.25, -0.2) is 4.68 Å². The van der Waals surface area contributed by atoms with Crippen molar-refractivity contribution in [3.05, 3.63) is 50.8 Å². The number of rotatable bonds is 4. The lowest BCUT2D eigenvalue weighted by atomic mass is 9.85. The predicted molar refractivity (Wildman–Crippen MR) is 110 cm³/mol. The lowest BCUT2D eigenvalue weighted by molar-refractivity contribution is 0.150. The van der Waals surface area contributed by atoms with Crippen LogP contribution in [0.4, 0.5) is 5.95 Å². The quantitative estimate of drug-likeness (QED) is 0.720. The van der Waals surface area contributed by atoms with E-state index in [1.807, 2.05) is 19.4 Å². The summed E-state index contributed by atoms with van der Waals surface area (Å²) in [6.07, 6.45) is 9.03. The summed E-state index contributed by atoms with van der Waals surface area (Å²) in [5, 5.41) is 4.63. The summed E-state index contributed by atoms with van der Waals surface area (Å²) >= 11 is 0. The Balaban J connectivity index is 1.34. The van der Waals surface area contributed by atoms with Crippen LogP contribution in [0.15, 0.2) is 34.1 Å². The first kappa shape index (κ1) is 18.5. The average molecular weight is 396 g/mol. The van der Waals surface area contributed by atoms with Crippen LogP contribution in [0.2, 0.25) is 0 Å². The van der Waals surface area contributed by atoms with Crippen molar-refractivity contribution in [1.82, 2.24) is 24.2 Å². The smallest absolute Gasteiger partial charge is 0.332 e. The molecule has 1 spiro atoms. The van der Waals surface area contributed by atoms with Crippen molar-refractivity contribution >= 4 is 5.95 Å². The highest BCUT2D eigenvalue weighted by atomic mass is 16.2. The fourth-order valence-corrected chi connectivity index (χ4v) is 4.94. The summed E-state index contributed by atoms with van der Waals surface area (Å²) in [5.74, 6) is 1.14. The van der Waals surface area contributed by atoms with Gasteiger partial charge in [-0.15, -0.1) is 5.10 Å². The molecule has 4 heterocycles. The van der Waals surface area contributed by atoms with Crippen LogP contribution in [0.25, 0.3) is 0 Å². The molecule has 0 N–H and O–H groups in total. The zero-order valence-electron chi connectivity index (χ0n) is 17.0. The number of fused-ring (bicyclic) bond motifs is 1. The molecule has 0 radical (unpaired) electrons. The number of aromatic nitrogens is 4. The Bertz CT molecular complexity index is 1000. The molecule has 8 nitrogen and oxygen atoms in total. The van der Waals surface area contributed by atoms with E-state index in [4.69, 9.17) is 0 Å². The lowest BCUT2D eigenvalue weighted by Crippen LogP contribution is -2.53. The van der Waals surface area contributed by atoms with Gasteiger partial charge in [0.1, 0.15) is 0 Å². The van der Waals surface area contributed by atoms with Gasteiger partial charge in [0, 0.05) is 45.6 Å². The van der Waals surface area contributed by atoms with Gasteiger partial charge in [0.25, 0.3) is 0 Å². The molecular weight excluding hydrogens is 368 g/mol. The highest BCUT2D eigenvalue weighted by Gasteiger charge is 2.46. The molecule has 0 atom stereocenters. The fraction of sp³-hybridized carbons (Fsp3) is 0.619. The second-order valence-electron chi connectivity index (χ2n) is 8.89. The second kappa shape index (κ2) is 7.09. The summed E-state index contributed by atoms with van der Waals surface area (Å²) in [7, 11) is 2.03. The third-order valence-electron chi connectivity index (χ3n) is 7.18. The number of likely N-dealkylation sites (N-methyl/N-ethyl adjacent to an activating group) is 1. The summed E-state index contributed by atoms with van der Waals surface area (Å²) in [4.78, 5) is 34.1. The van der Waals surface area contributed by atoms with Gasteiger partial charge >= 0.3 is 11.1 Å². The van der Waals surface area contributed by atoms with Crippen LogP contribution in [-0.4, -0.2) is 49.9 Å². The Hall–Kier alpha value is -2.48. The van der Waals surface area contributed by atoms with Gasteiger partial charge in [-0.1, -0.05) is 6.42 Å². The Kier molecular flexibility index (Phi) is 4.53. The van der Waals surface area contributed by atoms with E-state index < -0.39 is 11.1 Å². The molecule has 8 heteroatoms. The average Bonchev–Trinajstić information content (AvgIpc) is 2.97. The molecule has 0 aromatic carbocycles. The monoisotopic (exact) mass is 396 g/mol. The number of likely N-dealkylation sites (tertiary alicyclic amines) is 1. The van der Waals surface area contributed by atoms with E-state index in [9.17, 15) is 9.59 Å². The molecule has 5 rings (SSSR count). The van der Waals surface area contributed by atoms with Crippen LogP contribution in [0.3, 0.4) is 0 Å². The summed E-state index contributed by atoms with van der Waals surface area (Å²) in [5.41, 5.74) is 0.249. The van der Waals surface area contributed by atoms with Gasteiger partial charge in [-0.3, -0.25) is 24.0 Å². The van der Waals surface area contributed by atoms with E-state index in [1.165, 1.54) is 16.7 Å². The number of piperidine rings is 1. The number of pyridine rings is 1. The van der Waals surface area contributed by atoms with E-state index in [1.54, 1.807) is 4.57 Å². The minimum atomic E-state index is -0.471. The van der Waals surface area contributed by atoms with Crippen molar-refractivity contribution in [2.75, 3.05) is 25.0 Å². The van der Waals surface area contributed by atoms with Crippen LogP contribution in [0.1, 0.15) is 37.7 Å². The van der Waals surface area contributed by atoms with E-state index in [0.717, 1.165) is 45.3 Å². The topological polar surface area (TPSA) is 76.3 Å². The van der Waals surface area contributed by atoms with Crippen LogP contribution in [-0.2, 0) is 19.6 Å². The zero-order chi connectivity index (χ0) is 20.0. The molecule has 2 aliphatic heterocycles. The molecule has 3 aliphatic rings. The minimum absolute atomic E-state index is 0.129. The molecule has 2 aromatic heterocycles. The first-order valence-corrected chi connectivity index (χ1v) is 10.6. The van der Waals surface area contributed by atoms with Crippen LogP contribution in [0.5, 0.6) is 0 Å². The third-order valence-corrected chi connectivity index (χ3v) is 7.18. The van der Waals surface area contributed by atoms with E-state index in [0.29, 0.717) is 25.0 Å². The highest BCUT2D eigenvalue weighted by molar-refractivity contribution is 5.39. The van der Waals surface area contributed by atoms with Crippen molar-refractivity contribution in [3.63, 3.8) is 0 Å². The third kappa shape index (κ3) is 3.19. The maximum Gasteiger partial charge on any atom is 0.332 e. The Labute approximate surface area is 169 Å². The number of hydrogen-bond donors (Lipinski definition) is 0. The summed E-state index contributed by atoms with van der Waals surface area (Å²) < 4.78 is 3.03. The number of hydrogen-bond acceptors (Lipinski definition) is 6. The standard InChI is InChI=1S/C21H28N6O2/c1-24-20-23-27(14-16-3-2-4-16)19(29)18(28)26(20)15-21(24)7-11-25(12-8-21)13-17-5-9-22-10-6-17/h5-6,9-10,16H,2-4,7-8,11-15H2,1H3. The largest absolute Gasteiger partial charge is 0.336 e. The van der Waals surface area contributed by atoms with Crippen molar-refractivity contribution in [3.8, 4) is 0 Å². The molecular formula is C21H28N6O2. The fourth-order valence-electron chi connectivity index (χ4n) is 4.94. The normalized spacial score (nSPS) is 21.3. The number of nitrogens with zero attached hydrogens (tertiary/aromatic N) is 6. The molecule has 29 heavy (non-hydrogen) atoms. The van der Waals surface area contributed by atoms with Crippen molar-refractivity contribution in [2.24, 2.45) is 5.92 Å². The predicted octanol–water partition coefficient (Wildman–Crippen LogP) is 1.08. The first-order chi connectivity index (χ1) is 14.1. The lowest BCUT2D eigenvalue weighted by Gasteiger charge is -2.43. The highest BCUT2D eigenvalue weighted by Crippen LogP contribution is 2.37. The Morgan fingerprint density at radius 3 is 2.48 bits per heavy atom. The molecule has 0 amide bonds. The van der Waals surface area contributed by atoms with Gasteiger partial charge in [-0.2, -0.15) is 0 Å². The van der Waals surface area contributed by atoms with Crippen molar-refractivity contribution in [2.45, 2.75) is 57.3 Å². The summed E-state index contributed by atoms with van der Waals surface area (Å²) in [6, 6.07) is 4.12. The maximum absolute atomic E-state index is 12.8. The van der Waals surface area contributed by atoms with Crippen molar-refractivity contribution < 1.29 is 0 Å². The second-order valence-corrected chi connectivity index (χ2v) is 8.89. The summed E-state index contributed by atoms with van der Waals surface area (Å²) in [6.45, 7) is 3.97. The molecule has 0 unspecified atom stereocenters. The van der Waals surface area contributed by atoms with Gasteiger partial charge in [0.05, 0.1) is 12.1 Å². The van der Waals surface area contributed by atoms with E-state index in [-0.39, 0.29) is 5.54 Å². The zero-order valence-corrected chi connectivity index (χ0v) is 17.0. The molecule has 1 saturated carbocycles. The molecule has 154 valence electrons. The van der Waals surface area contributed by atoms with Crippen molar-refractivity contribution in [1.29, 1.82) is 0 Å². The minimum Gasteiger partial charge on any atom is -0.336 e. The van der Waals surface area contributed by atoms with Crippen LogP contribution in [0, 0.1) is 5.92 Å². The molecule has 2 fully saturated rings. The van der Waals surface area contributed by atoms with E-state index in [2.05, 4.69) is 32.0 Å². The van der Waals surface area contributed by atoms with Crippen LogP contribution >= 0.6 is 0 Å². The SMILES string of the molecule is CN1c2nn(CC3CCC3)c(=O)c(=O)n2CC12CCN(Cc1ccncc1)CC2. The van der Waals surface area contributed by atoms with Gasteiger partial charge in [0.15, 0.2) is 0 Å². The van der Waals surface area contributed by atoms with E-state index >= 15 is 0 Å². The molecule has 1 saturated heterocycles. The van der Waals surface area contributed by atoms with Gasteiger partial charge < -0.3 is 4.90 Å². The maximum atomic E-state index is 12.8. The number of anilines is 1. The first-order valence-electron chi connectivity index (χ1n) is 10.6. The molecule has 1 aliphatic carbocycles. The molecule has 2 aromatic rings. The molecule has 0 bridgehead atoms. The van der Waals surface area contributed by atoms with Gasteiger partial charge in [-0.05, 0) is 49.3 Å².